The van der Waals surface area contributed by atoms with E-state index in [1.807, 2.05) is 6.07 Å². The quantitative estimate of drug-likeness (QED) is 0.838. The minimum Gasteiger partial charge on any atom is -0.454 e. The third-order valence-corrected chi connectivity index (χ3v) is 3.75. The number of nitrogens with one attached hydrogen (secondary N) is 1. The van der Waals surface area contributed by atoms with Crippen molar-refractivity contribution < 1.29 is 9.47 Å². The molecule has 2 aliphatic rings. The van der Waals surface area contributed by atoms with E-state index in [0.717, 1.165) is 23.8 Å². The third kappa shape index (κ3) is 2.96. The number of fused-ring (bicyclic) bond motifs is 1. The van der Waals surface area contributed by atoms with Crippen molar-refractivity contribution in [2.75, 3.05) is 13.3 Å². The van der Waals surface area contributed by atoms with Crippen molar-refractivity contribution in [2.24, 2.45) is 5.92 Å². The zero-order chi connectivity index (χ0) is 12.4. The second-order valence-electron chi connectivity index (χ2n) is 5.48. The van der Waals surface area contributed by atoms with Gasteiger partial charge in [-0.3, -0.25) is 0 Å². The Balaban J connectivity index is 1.46. The maximum Gasteiger partial charge on any atom is 0.231 e. The van der Waals surface area contributed by atoms with Gasteiger partial charge in [0.05, 0.1) is 0 Å². The second-order valence-corrected chi connectivity index (χ2v) is 5.48. The van der Waals surface area contributed by atoms with E-state index in [0.29, 0.717) is 12.8 Å². The van der Waals surface area contributed by atoms with Crippen molar-refractivity contribution in [1.82, 2.24) is 5.32 Å². The summed E-state index contributed by atoms with van der Waals surface area (Å²) < 4.78 is 10.7. The van der Waals surface area contributed by atoms with Crippen LogP contribution in [-0.2, 0) is 6.42 Å². The van der Waals surface area contributed by atoms with E-state index in [4.69, 9.17) is 9.47 Å². The maximum atomic E-state index is 5.40. The van der Waals surface area contributed by atoms with Crippen molar-refractivity contribution in [1.29, 1.82) is 0 Å². The fourth-order valence-electron chi connectivity index (χ4n) is 2.27. The van der Waals surface area contributed by atoms with Crippen LogP contribution in [0.15, 0.2) is 18.2 Å². The van der Waals surface area contributed by atoms with Gasteiger partial charge < -0.3 is 14.8 Å². The van der Waals surface area contributed by atoms with E-state index in [1.165, 1.54) is 31.4 Å². The van der Waals surface area contributed by atoms with E-state index < -0.39 is 0 Å². The Morgan fingerprint density at radius 2 is 2.11 bits per heavy atom. The number of hydrogen-bond acceptors (Lipinski definition) is 3. The largest absolute Gasteiger partial charge is 0.454 e. The molecule has 0 radical (unpaired) electrons. The van der Waals surface area contributed by atoms with Crippen LogP contribution in [0.4, 0.5) is 0 Å². The molecule has 1 fully saturated rings. The van der Waals surface area contributed by atoms with E-state index in [9.17, 15) is 0 Å². The van der Waals surface area contributed by atoms with Gasteiger partial charge in [0.2, 0.25) is 6.79 Å². The van der Waals surface area contributed by atoms with Crippen LogP contribution in [0.1, 0.15) is 31.7 Å². The van der Waals surface area contributed by atoms with Gasteiger partial charge in [-0.2, -0.15) is 0 Å². The molecule has 3 rings (SSSR count). The predicted molar refractivity (Wildman–Crippen MR) is 71.1 cm³/mol. The summed E-state index contributed by atoms with van der Waals surface area (Å²) in [5.74, 6) is 2.72. The molecule has 0 amide bonds. The number of rotatable bonds is 6. The van der Waals surface area contributed by atoms with Gasteiger partial charge in [-0.25, -0.2) is 0 Å². The van der Waals surface area contributed by atoms with Crippen LogP contribution in [0.5, 0.6) is 11.5 Å². The molecular weight excluding hydrogens is 226 g/mol. The predicted octanol–water partition coefficient (Wildman–Crippen LogP) is 2.74. The highest BCUT2D eigenvalue weighted by Gasteiger charge is 2.21. The molecule has 18 heavy (non-hydrogen) atoms. The maximum absolute atomic E-state index is 5.40. The van der Waals surface area contributed by atoms with E-state index in [1.54, 1.807) is 0 Å². The van der Waals surface area contributed by atoms with Gasteiger partial charge in [0, 0.05) is 6.04 Å². The lowest BCUT2D eigenvalue weighted by molar-refractivity contribution is 0.174. The third-order valence-electron chi connectivity index (χ3n) is 3.75. The summed E-state index contributed by atoms with van der Waals surface area (Å²) in [6.45, 7) is 3.83. The molecule has 1 aromatic rings. The molecule has 0 bridgehead atoms. The Morgan fingerprint density at radius 3 is 2.94 bits per heavy atom. The number of benzene rings is 1. The Kier molecular flexibility index (Phi) is 3.41. The molecule has 1 heterocycles. The first-order chi connectivity index (χ1) is 8.81. The second kappa shape index (κ2) is 5.19. The number of aryl methyl sites for hydroxylation is 1. The fraction of sp³-hybridized carbons (Fsp3) is 0.600. The van der Waals surface area contributed by atoms with E-state index in [-0.39, 0.29) is 0 Å². The minimum atomic E-state index is 0.359. The molecule has 1 atom stereocenters. The average Bonchev–Trinajstić information content (AvgIpc) is 3.10. The molecule has 98 valence electrons. The lowest BCUT2D eigenvalue weighted by Gasteiger charge is -2.13. The first-order valence-corrected chi connectivity index (χ1v) is 6.93. The Bertz CT molecular complexity index is 415. The van der Waals surface area contributed by atoms with Crippen molar-refractivity contribution in [3.63, 3.8) is 0 Å². The summed E-state index contributed by atoms with van der Waals surface area (Å²) in [5, 5.41) is 3.61. The van der Waals surface area contributed by atoms with E-state index >= 15 is 0 Å². The number of hydrogen-bond donors (Lipinski definition) is 1. The zero-order valence-corrected chi connectivity index (χ0v) is 10.9. The van der Waals surface area contributed by atoms with Gasteiger partial charge in [-0.05, 0) is 62.8 Å². The Hall–Kier alpha value is -1.22. The Morgan fingerprint density at radius 1 is 1.28 bits per heavy atom. The summed E-state index contributed by atoms with van der Waals surface area (Å²) in [7, 11) is 0. The summed E-state index contributed by atoms with van der Waals surface area (Å²) in [5.41, 5.74) is 1.33. The summed E-state index contributed by atoms with van der Waals surface area (Å²) >= 11 is 0. The SMILES string of the molecule is CC(CCc1ccc2c(c1)OCO2)NCC1CC1. The first-order valence-electron chi connectivity index (χ1n) is 6.93. The molecule has 1 aromatic carbocycles. The zero-order valence-electron chi connectivity index (χ0n) is 10.9. The van der Waals surface area contributed by atoms with Gasteiger partial charge >= 0.3 is 0 Å². The topological polar surface area (TPSA) is 30.5 Å². The average molecular weight is 247 g/mol. The lowest BCUT2D eigenvalue weighted by Crippen LogP contribution is -2.28. The number of ether oxygens (including phenoxy) is 2. The van der Waals surface area contributed by atoms with Gasteiger partial charge in [0.15, 0.2) is 11.5 Å². The van der Waals surface area contributed by atoms with Crippen LogP contribution in [0, 0.1) is 5.92 Å². The van der Waals surface area contributed by atoms with Crippen LogP contribution >= 0.6 is 0 Å². The standard InChI is InChI=1S/C15H21NO2/c1-11(16-9-13-4-5-13)2-3-12-6-7-14-15(8-12)18-10-17-14/h6-8,11,13,16H,2-5,9-10H2,1H3. The molecule has 0 aromatic heterocycles. The van der Waals surface area contributed by atoms with Gasteiger partial charge in [0.25, 0.3) is 0 Å². The summed E-state index contributed by atoms with van der Waals surface area (Å²) in [6, 6.07) is 6.85. The first kappa shape index (κ1) is 11.8. The smallest absolute Gasteiger partial charge is 0.231 e. The molecule has 3 nitrogen and oxygen atoms in total. The highest BCUT2D eigenvalue weighted by Crippen LogP contribution is 2.33. The minimum absolute atomic E-state index is 0.359. The molecule has 1 N–H and O–H groups in total. The molecule has 3 heteroatoms. The van der Waals surface area contributed by atoms with Crippen molar-refractivity contribution in [2.45, 2.75) is 38.6 Å². The monoisotopic (exact) mass is 247 g/mol. The van der Waals surface area contributed by atoms with Crippen LogP contribution in [0.25, 0.3) is 0 Å². The molecule has 0 spiro atoms. The van der Waals surface area contributed by atoms with Crippen LogP contribution in [0.2, 0.25) is 0 Å². The Labute approximate surface area is 108 Å². The van der Waals surface area contributed by atoms with Crippen molar-refractivity contribution in [3.05, 3.63) is 23.8 Å². The highest BCUT2D eigenvalue weighted by molar-refractivity contribution is 5.44. The van der Waals surface area contributed by atoms with Gasteiger partial charge in [-0.1, -0.05) is 6.07 Å². The molecule has 1 aliphatic carbocycles. The van der Waals surface area contributed by atoms with E-state index in [2.05, 4.69) is 24.4 Å². The summed E-state index contributed by atoms with van der Waals surface area (Å²) in [6.07, 6.45) is 5.10. The van der Waals surface area contributed by atoms with Crippen LogP contribution in [-0.4, -0.2) is 19.4 Å². The normalized spacial score (nSPS) is 18.9. The molecule has 0 saturated heterocycles. The highest BCUT2D eigenvalue weighted by atomic mass is 16.7. The van der Waals surface area contributed by atoms with Gasteiger partial charge in [-0.15, -0.1) is 0 Å². The van der Waals surface area contributed by atoms with Crippen molar-refractivity contribution >= 4 is 0 Å². The molecule has 1 unspecified atom stereocenters. The molecular formula is C15H21NO2. The fourth-order valence-corrected chi connectivity index (χ4v) is 2.27. The van der Waals surface area contributed by atoms with Crippen molar-refractivity contribution in [3.8, 4) is 11.5 Å². The van der Waals surface area contributed by atoms with Gasteiger partial charge in [0.1, 0.15) is 0 Å². The molecule has 1 saturated carbocycles. The van der Waals surface area contributed by atoms with Crippen LogP contribution in [0.3, 0.4) is 0 Å². The van der Waals surface area contributed by atoms with Crippen LogP contribution < -0.4 is 14.8 Å². The lowest BCUT2D eigenvalue weighted by atomic mass is 10.1. The summed E-state index contributed by atoms with van der Waals surface area (Å²) in [4.78, 5) is 0. The molecule has 1 aliphatic heterocycles.